The van der Waals surface area contributed by atoms with Gasteiger partial charge >= 0.3 is 6.03 Å². The molecule has 1 aliphatic heterocycles. The molecule has 1 rings (SSSR count). The van der Waals surface area contributed by atoms with E-state index in [1.165, 1.54) is 5.75 Å². The first-order valence-corrected chi connectivity index (χ1v) is 7.10. The SMILES string of the molecule is CC(C)[C@H](NC(N)=O)C(=O)NC1CCCSC1. The van der Waals surface area contributed by atoms with E-state index in [0.29, 0.717) is 0 Å². The van der Waals surface area contributed by atoms with Gasteiger partial charge in [0.05, 0.1) is 0 Å². The van der Waals surface area contributed by atoms with Crippen molar-refractivity contribution in [3.05, 3.63) is 0 Å². The van der Waals surface area contributed by atoms with Gasteiger partial charge in [-0.15, -0.1) is 0 Å². The van der Waals surface area contributed by atoms with E-state index in [9.17, 15) is 9.59 Å². The molecule has 0 aromatic carbocycles. The molecule has 1 unspecified atom stereocenters. The summed E-state index contributed by atoms with van der Waals surface area (Å²) < 4.78 is 0. The fourth-order valence-corrected chi connectivity index (χ4v) is 2.91. The molecule has 0 aliphatic carbocycles. The van der Waals surface area contributed by atoms with Gasteiger partial charge in [0.1, 0.15) is 6.04 Å². The van der Waals surface area contributed by atoms with Crippen LogP contribution in [0.25, 0.3) is 0 Å². The van der Waals surface area contributed by atoms with E-state index in [1.54, 1.807) is 0 Å². The lowest BCUT2D eigenvalue weighted by atomic mass is 10.0. The van der Waals surface area contributed by atoms with Gasteiger partial charge in [-0.25, -0.2) is 4.79 Å². The van der Waals surface area contributed by atoms with Crippen LogP contribution in [0, 0.1) is 5.92 Å². The van der Waals surface area contributed by atoms with E-state index in [2.05, 4.69) is 10.6 Å². The molecule has 0 aromatic heterocycles. The Bertz CT molecular complexity index is 278. The largest absolute Gasteiger partial charge is 0.352 e. The summed E-state index contributed by atoms with van der Waals surface area (Å²) in [6.07, 6.45) is 2.14. The number of hydrogen-bond donors (Lipinski definition) is 3. The zero-order valence-electron chi connectivity index (χ0n) is 10.4. The topological polar surface area (TPSA) is 84.2 Å². The van der Waals surface area contributed by atoms with Gasteiger partial charge in [0.25, 0.3) is 0 Å². The Morgan fingerprint density at radius 1 is 1.41 bits per heavy atom. The minimum Gasteiger partial charge on any atom is -0.352 e. The normalized spacial score (nSPS) is 21.9. The van der Waals surface area contributed by atoms with Crippen molar-refractivity contribution in [2.75, 3.05) is 11.5 Å². The van der Waals surface area contributed by atoms with Gasteiger partial charge in [0, 0.05) is 11.8 Å². The molecule has 0 bridgehead atoms. The molecule has 0 radical (unpaired) electrons. The van der Waals surface area contributed by atoms with E-state index in [1.807, 2.05) is 25.6 Å². The second-order valence-electron chi connectivity index (χ2n) is 4.65. The van der Waals surface area contributed by atoms with Gasteiger partial charge in [0.15, 0.2) is 0 Å². The lowest BCUT2D eigenvalue weighted by Gasteiger charge is -2.26. The summed E-state index contributed by atoms with van der Waals surface area (Å²) in [5, 5.41) is 5.46. The summed E-state index contributed by atoms with van der Waals surface area (Å²) in [5.41, 5.74) is 5.07. The third-order valence-corrected chi connectivity index (χ3v) is 3.97. The Morgan fingerprint density at radius 2 is 2.12 bits per heavy atom. The van der Waals surface area contributed by atoms with Gasteiger partial charge in [0.2, 0.25) is 5.91 Å². The molecule has 0 aromatic rings. The molecule has 1 fully saturated rings. The van der Waals surface area contributed by atoms with Crippen LogP contribution in [0.2, 0.25) is 0 Å². The summed E-state index contributed by atoms with van der Waals surface area (Å²) in [6.45, 7) is 3.77. The smallest absolute Gasteiger partial charge is 0.312 e. The van der Waals surface area contributed by atoms with E-state index in [4.69, 9.17) is 5.73 Å². The molecule has 4 N–H and O–H groups in total. The molecule has 0 spiro atoms. The molecule has 98 valence electrons. The maximum atomic E-state index is 12.0. The number of urea groups is 1. The van der Waals surface area contributed by atoms with Crippen molar-refractivity contribution in [1.82, 2.24) is 10.6 Å². The summed E-state index contributed by atoms with van der Waals surface area (Å²) in [7, 11) is 0. The third kappa shape index (κ3) is 4.85. The number of rotatable bonds is 4. The quantitative estimate of drug-likeness (QED) is 0.694. The second kappa shape index (κ2) is 6.74. The van der Waals surface area contributed by atoms with Crippen LogP contribution in [0.5, 0.6) is 0 Å². The molecule has 17 heavy (non-hydrogen) atoms. The zero-order chi connectivity index (χ0) is 12.8. The Kier molecular flexibility index (Phi) is 5.61. The highest BCUT2D eigenvalue weighted by molar-refractivity contribution is 7.99. The first kappa shape index (κ1) is 14.2. The van der Waals surface area contributed by atoms with Crippen LogP contribution >= 0.6 is 11.8 Å². The number of nitrogens with two attached hydrogens (primary N) is 1. The first-order chi connectivity index (χ1) is 8.00. The average molecular weight is 259 g/mol. The third-order valence-electron chi connectivity index (χ3n) is 2.75. The molecule has 5 nitrogen and oxygen atoms in total. The number of nitrogens with one attached hydrogen (secondary N) is 2. The van der Waals surface area contributed by atoms with E-state index < -0.39 is 12.1 Å². The van der Waals surface area contributed by atoms with Gasteiger partial charge in [-0.05, 0) is 24.5 Å². The highest BCUT2D eigenvalue weighted by Gasteiger charge is 2.26. The van der Waals surface area contributed by atoms with Crippen LogP contribution in [-0.4, -0.2) is 35.5 Å². The highest BCUT2D eigenvalue weighted by Crippen LogP contribution is 2.17. The number of amides is 3. The lowest BCUT2D eigenvalue weighted by molar-refractivity contribution is -0.124. The molecule has 1 saturated heterocycles. The minimum absolute atomic E-state index is 0.0266. The van der Waals surface area contributed by atoms with E-state index >= 15 is 0 Å². The Balaban J connectivity index is 2.49. The fraction of sp³-hybridized carbons (Fsp3) is 0.818. The molecule has 2 atom stereocenters. The van der Waals surface area contributed by atoms with Crippen molar-refractivity contribution >= 4 is 23.7 Å². The Labute approximate surface area is 106 Å². The van der Waals surface area contributed by atoms with Gasteiger partial charge < -0.3 is 16.4 Å². The van der Waals surface area contributed by atoms with Crippen LogP contribution in [0.15, 0.2) is 0 Å². The van der Waals surface area contributed by atoms with Crippen LogP contribution in [0.1, 0.15) is 26.7 Å². The molecule has 0 saturated carbocycles. The zero-order valence-corrected chi connectivity index (χ0v) is 11.2. The number of thioether (sulfide) groups is 1. The second-order valence-corrected chi connectivity index (χ2v) is 5.80. The monoisotopic (exact) mass is 259 g/mol. The van der Waals surface area contributed by atoms with Gasteiger partial charge in [-0.2, -0.15) is 11.8 Å². The van der Waals surface area contributed by atoms with Crippen molar-refractivity contribution in [1.29, 1.82) is 0 Å². The van der Waals surface area contributed by atoms with Crippen molar-refractivity contribution in [3.8, 4) is 0 Å². The van der Waals surface area contributed by atoms with Gasteiger partial charge in [-0.3, -0.25) is 4.79 Å². The first-order valence-electron chi connectivity index (χ1n) is 5.94. The number of hydrogen-bond acceptors (Lipinski definition) is 3. The molecule has 3 amide bonds. The molecule has 1 aliphatic rings. The van der Waals surface area contributed by atoms with Crippen LogP contribution in [0.4, 0.5) is 4.79 Å². The molecular weight excluding hydrogens is 238 g/mol. The van der Waals surface area contributed by atoms with Crippen molar-refractivity contribution < 1.29 is 9.59 Å². The maximum absolute atomic E-state index is 12.0. The number of carbonyl (C=O) groups is 2. The number of carbonyl (C=O) groups excluding carboxylic acids is 2. The lowest BCUT2D eigenvalue weighted by Crippen LogP contribution is -2.54. The van der Waals surface area contributed by atoms with Crippen LogP contribution < -0.4 is 16.4 Å². The average Bonchev–Trinajstić information content (AvgIpc) is 2.26. The van der Waals surface area contributed by atoms with Crippen molar-refractivity contribution in [2.45, 2.75) is 38.8 Å². The van der Waals surface area contributed by atoms with E-state index in [-0.39, 0.29) is 17.9 Å². The Hall–Kier alpha value is -0.910. The highest BCUT2D eigenvalue weighted by atomic mass is 32.2. The predicted molar refractivity (Wildman–Crippen MR) is 69.8 cm³/mol. The van der Waals surface area contributed by atoms with E-state index in [0.717, 1.165) is 18.6 Å². The minimum atomic E-state index is -0.656. The van der Waals surface area contributed by atoms with Crippen molar-refractivity contribution in [2.24, 2.45) is 11.7 Å². The van der Waals surface area contributed by atoms with Crippen LogP contribution in [-0.2, 0) is 4.79 Å². The van der Waals surface area contributed by atoms with Gasteiger partial charge in [-0.1, -0.05) is 13.8 Å². The summed E-state index contributed by atoms with van der Waals surface area (Å²) in [5.74, 6) is 2.01. The van der Waals surface area contributed by atoms with Crippen molar-refractivity contribution in [3.63, 3.8) is 0 Å². The summed E-state index contributed by atoms with van der Waals surface area (Å²) >= 11 is 1.85. The number of primary amides is 1. The predicted octanol–water partition coefficient (Wildman–Crippen LogP) is 0.691. The maximum Gasteiger partial charge on any atom is 0.312 e. The standard InChI is InChI=1S/C11H21N3O2S/c1-7(2)9(14-11(12)16)10(15)13-8-4-3-5-17-6-8/h7-9H,3-6H2,1-2H3,(H,13,15)(H3,12,14,16)/t8?,9-/m0/s1. The molecule has 1 heterocycles. The summed E-state index contributed by atoms with van der Waals surface area (Å²) in [4.78, 5) is 22.8. The fourth-order valence-electron chi connectivity index (χ4n) is 1.83. The summed E-state index contributed by atoms with van der Waals surface area (Å²) in [6, 6.07) is -0.978. The molecular formula is C11H21N3O2S. The Morgan fingerprint density at radius 3 is 2.59 bits per heavy atom. The van der Waals surface area contributed by atoms with Crippen LogP contribution in [0.3, 0.4) is 0 Å². The molecule has 6 heteroatoms.